The molecule has 6 heteroatoms. The second-order valence-corrected chi connectivity index (χ2v) is 6.04. The summed E-state index contributed by atoms with van der Waals surface area (Å²) in [5.41, 5.74) is 0.760. The number of nitrogens with zero attached hydrogens (tertiary/aromatic N) is 2. The molecule has 1 saturated heterocycles. The van der Waals surface area contributed by atoms with Gasteiger partial charge in [0.15, 0.2) is 0 Å². The summed E-state index contributed by atoms with van der Waals surface area (Å²) in [6.07, 6.45) is 3.86. The Morgan fingerprint density at radius 1 is 1.38 bits per heavy atom. The third-order valence-electron chi connectivity index (χ3n) is 4.01. The van der Waals surface area contributed by atoms with E-state index in [0.717, 1.165) is 19.6 Å². The first-order chi connectivity index (χ1) is 10.1. The molecule has 0 bridgehead atoms. The van der Waals surface area contributed by atoms with Crippen molar-refractivity contribution in [2.75, 3.05) is 19.6 Å². The first kappa shape index (κ1) is 16.2. The van der Waals surface area contributed by atoms with E-state index in [1.54, 1.807) is 12.1 Å². The summed E-state index contributed by atoms with van der Waals surface area (Å²) >= 11 is 5.93. The summed E-state index contributed by atoms with van der Waals surface area (Å²) in [6, 6.07) is 5.13. The van der Waals surface area contributed by atoms with Gasteiger partial charge in [0.25, 0.3) is 5.69 Å². The van der Waals surface area contributed by atoms with Gasteiger partial charge < -0.3 is 5.32 Å². The molecule has 0 amide bonds. The number of nitro benzene ring substituents is 1. The van der Waals surface area contributed by atoms with Gasteiger partial charge in [0, 0.05) is 35.8 Å². The fourth-order valence-corrected chi connectivity index (χ4v) is 2.97. The van der Waals surface area contributed by atoms with Crippen LogP contribution in [0.1, 0.15) is 31.7 Å². The molecule has 0 aromatic heterocycles. The molecular weight excluding hydrogens is 290 g/mol. The van der Waals surface area contributed by atoms with Crippen LogP contribution in [-0.2, 0) is 6.54 Å². The van der Waals surface area contributed by atoms with Crippen LogP contribution in [0, 0.1) is 10.1 Å². The molecule has 1 aliphatic rings. The van der Waals surface area contributed by atoms with Crippen LogP contribution in [0.25, 0.3) is 0 Å². The molecule has 1 aliphatic heterocycles. The molecule has 2 rings (SSSR count). The Labute approximate surface area is 130 Å². The second-order valence-electron chi connectivity index (χ2n) is 5.61. The molecule has 1 heterocycles. The van der Waals surface area contributed by atoms with Gasteiger partial charge in [-0.2, -0.15) is 0 Å². The molecule has 21 heavy (non-hydrogen) atoms. The van der Waals surface area contributed by atoms with Gasteiger partial charge in [-0.05, 0) is 45.0 Å². The third-order valence-corrected chi connectivity index (χ3v) is 4.24. The largest absolute Gasteiger partial charge is 0.311 e. The van der Waals surface area contributed by atoms with E-state index in [9.17, 15) is 10.1 Å². The van der Waals surface area contributed by atoms with Crippen molar-refractivity contribution in [3.8, 4) is 0 Å². The number of likely N-dealkylation sites (tertiary alicyclic amines) is 1. The minimum Gasteiger partial charge on any atom is -0.311 e. The molecule has 1 unspecified atom stereocenters. The quantitative estimate of drug-likeness (QED) is 0.647. The SMILES string of the molecule is CC(CNCc1cc(Cl)ccc1[N+](=O)[O-])N1CCCCC1. The maximum atomic E-state index is 11.0. The number of piperidine rings is 1. The van der Waals surface area contributed by atoms with E-state index in [1.165, 1.54) is 25.3 Å². The van der Waals surface area contributed by atoms with E-state index in [0.29, 0.717) is 23.2 Å². The molecule has 116 valence electrons. The Morgan fingerprint density at radius 2 is 2.10 bits per heavy atom. The van der Waals surface area contributed by atoms with Crippen LogP contribution in [-0.4, -0.2) is 35.5 Å². The fraction of sp³-hybridized carbons (Fsp3) is 0.600. The number of benzene rings is 1. The fourth-order valence-electron chi connectivity index (χ4n) is 2.78. The van der Waals surface area contributed by atoms with E-state index in [4.69, 9.17) is 11.6 Å². The number of hydrogen-bond acceptors (Lipinski definition) is 4. The lowest BCUT2D eigenvalue weighted by atomic mass is 10.1. The van der Waals surface area contributed by atoms with E-state index in [-0.39, 0.29) is 10.6 Å². The van der Waals surface area contributed by atoms with Gasteiger partial charge in [-0.15, -0.1) is 0 Å². The average Bonchev–Trinajstić information content (AvgIpc) is 2.48. The molecule has 1 atom stereocenters. The van der Waals surface area contributed by atoms with Crippen LogP contribution < -0.4 is 5.32 Å². The Morgan fingerprint density at radius 3 is 2.76 bits per heavy atom. The predicted octanol–water partition coefficient (Wildman–Crippen LogP) is 3.21. The zero-order valence-corrected chi connectivity index (χ0v) is 13.1. The number of rotatable bonds is 6. The van der Waals surface area contributed by atoms with Crippen LogP contribution in [0.15, 0.2) is 18.2 Å². The van der Waals surface area contributed by atoms with Gasteiger partial charge in [0.1, 0.15) is 0 Å². The summed E-state index contributed by atoms with van der Waals surface area (Å²) in [5.74, 6) is 0. The van der Waals surface area contributed by atoms with Crippen molar-refractivity contribution < 1.29 is 4.92 Å². The van der Waals surface area contributed by atoms with E-state index in [1.807, 2.05) is 0 Å². The van der Waals surface area contributed by atoms with E-state index < -0.39 is 0 Å². The lowest BCUT2D eigenvalue weighted by molar-refractivity contribution is -0.385. The first-order valence-electron chi connectivity index (χ1n) is 7.45. The molecule has 0 aliphatic carbocycles. The topological polar surface area (TPSA) is 58.4 Å². The molecule has 1 aromatic carbocycles. The highest BCUT2D eigenvalue weighted by Gasteiger charge is 2.17. The highest BCUT2D eigenvalue weighted by atomic mass is 35.5. The molecule has 5 nitrogen and oxygen atoms in total. The van der Waals surface area contributed by atoms with E-state index >= 15 is 0 Å². The number of hydrogen-bond donors (Lipinski definition) is 1. The van der Waals surface area contributed by atoms with Crippen LogP contribution in [0.3, 0.4) is 0 Å². The van der Waals surface area contributed by atoms with Crippen LogP contribution in [0.4, 0.5) is 5.69 Å². The van der Waals surface area contributed by atoms with Crippen molar-refractivity contribution in [1.29, 1.82) is 0 Å². The molecular formula is C15H22ClN3O2. The maximum Gasteiger partial charge on any atom is 0.273 e. The summed E-state index contributed by atoms with van der Waals surface area (Å²) in [7, 11) is 0. The van der Waals surface area contributed by atoms with Crippen molar-refractivity contribution >= 4 is 17.3 Å². The van der Waals surface area contributed by atoms with Gasteiger partial charge in [0.2, 0.25) is 0 Å². The highest BCUT2D eigenvalue weighted by molar-refractivity contribution is 6.30. The van der Waals surface area contributed by atoms with Crippen LogP contribution in [0.2, 0.25) is 5.02 Å². The summed E-state index contributed by atoms with van der Waals surface area (Å²) in [5, 5.41) is 14.8. The zero-order chi connectivity index (χ0) is 15.2. The van der Waals surface area contributed by atoms with Crippen molar-refractivity contribution in [3.63, 3.8) is 0 Å². The molecule has 1 fully saturated rings. The van der Waals surface area contributed by atoms with Crippen molar-refractivity contribution in [3.05, 3.63) is 38.9 Å². The minimum atomic E-state index is -0.360. The average molecular weight is 312 g/mol. The van der Waals surface area contributed by atoms with Crippen LogP contribution >= 0.6 is 11.6 Å². The lowest BCUT2D eigenvalue weighted by Crippen LogP contribution is -2.43. The monoisotopic (exact) mass is 311 g/mol. The van der Waals surface area contributed by atoms with Crippen molar-refractivity contribution in [2.45, 2.75) is 38.8 Å². The maximum absolute atomic E-state index is 11.0. The predicted molar refractivity (Wildman–Crippen MR) is 84.7 cm³/mol. The molecule has 1 N–H and O–H groups in total. The van der Waals surface area contributed by atoms with Gasteiger partial charge in [0.05, 0.1) is 4.92 Å². The number of halogens is 1. The van der Waals surface area contributed by atoms with Crippen molar-refractivity contribution in [2.24, 2.45) is 0 Å². The first-order valence-corrected chi connectivity index (χ1v) is 7.83. The van der Waals surface area contributed by atoms with Gasteiger partial charge in [-0.25, -0.2) is 0 Å². The highest BCUT2D eigenvalue weighted by Crippen LogP contribution is 2.22. The standard InChI is InChI=1S/C15H22ClN3O2/c1-12(18-7-3-2-4-8-18)10-17-11-13-9-14(16)5-6-15(13)19(20)21/h5-6,9,12,17H,2-4,7-8,10-11H2,1H3. The minimum absolute atomic E-state index is 0.123. The molecule has 1 aromatic rings. The molecule has 0 radical (unpaired) electrons. The Hall–Kier alpha value is -1.17. The lowest BCUT2D eigenvalue weighted by Gasteiger charge is -2.32. The second kappa shape index (κ2) is 7.73. The Bertz CT molecular complexity index is 490. The smallest absolute Gasteiger partial charge is 0.273 e. The van der Waals surface area contributed by atoms with Crippen LogP contribution in [0.5, 0.6) is 0 Å². The van der Waals surface area contributed by atoms with E-state index in [2.05, 4.69) is 17.1 Å². The van der Waals surface area contributed by atoms with Gasteiger partial charge in [-0.3, -0.25) is 15.0 Å². The number of nitro groups is 1. The van der Waals surface area contributed by atoms with Crippen molar-refractivity contribution in [1.82, 2.24) is 10.2 Å². The number of nitrogens with one attached hydrogen (secondary N) is 1. The summed E-state index contributed by atoms with van der Waals surface area (Å²) < 4.78 is 0. The summed E-state index contributed by atoms with van der Waals surface area (Å²) in [6.45, 7) is 5.80. The Kier molecular flexibility index (Phi) is 5.96. The molecule has 0 spiro atoms. The van der Waals surface area contributed by atoms with Gasteiger partial charge in [-0.1, -0.05) is 18.0 Å². The zero-order valence-electron chi connectivity index (χ0n) is 12.3. The third kappa shape index (κ3) is 4.66. The Balaban J connectivity index is 1.88. The summed E-state index contributed by atoms with van der Waals surface area (Å²) in [4.78, 5) is 13.1. The van der Waals surface area contributed by atoms with Gasteiger partial charge >= 0.3 is 0 Å². The normalized spacial score (nSPS) is 17.6. The molecule has 0 saturated carbocycles.